The Morgan fingerprint density at radius 2 is 1.82 bits per heavy atom. The largest absolute Gasteiger partial charge is 0.484 e. The summed E-state index contributed by atoms with van der Waals surface area (Å²) in [4.78, 5) is 15.8. The number of amides is 1. The minimum Gasteiger partial charge on any atom is -0.484 e. The summed E-state index contributed by atoms with van der Waals surface area (Å²) in [7, 11) is -3.38. The molecule has 2 aromatic carbocycles. The lowest BCUT2D eigenvalue weighted by molar-refractivity contribution is -0.114. The van der Waals surface area contributed by atoms with Crippen LogP contribution in [0.3, 0.4) is 0 Å². The molecule has 0 unspecified atom stereocenters. The third-order valence-electron chi connectivity index (χ3n) is 5.59. The first-order valence-electron chi connectivity index (χ1n) is 11.1. The van der Waals surface area contributed by atoms with E-state index < -0.39 is 27.7 Å². The Labute approximate surface area is 215 Å². The highest BCUT2D eigenvalue weighted by Gasteiger charge is 2.26. The van der Waals surface area contributed by atoms with Crippen LogP contribution in [0.5, 0.6) is 5.75 Å². The molecule has 0 spiro atoms. The van der Waals surface area contributed by atoms with E-state index in [0.29, 0.717) is 33.4 Å². The summed E-state index contributed by atoms with van der Waals surface area (Å²) < 4.78 is 72.7. The predicted molar refractivity (Wildman–Crippen MR) is 137 cm³/mol. The van der Waals surface area contributed by atoms with E-state index in [4.69, 9.17) is 10.5 Å². The molecule has 0 aliphatic rings. The summed E-state index contributed by atoms with van der Waals surface area (Å²) >= 11 is 0. The van der Waals surface area contributed by atoms with Crippen molar-refractivity contribution >= 4 is 44.0 Å². The lowest BCUT2D eigenvalue weighted by Gasteiger charge is -2.19. The molecule has 38 heavy (non-hydrogen) atoms. The number of ether oxygens (including phenoxy) is 1. The molecule has 4 N–H and O–H groups in total. The van der Waals surface area contributed by atoms with Crippen molar-refractivity contribution in [2.45, 2.75) is 25.7 Å². The first-order valence-corrected chi connectivity index (χ1v) is 12.7. The molecule has 1 atom stereocenters. The lowest BCUT2D eigenvalue weighted by Crippen LogP contribution is -2.21. The van der Waals surface area contributed by atoms with Crippen LogP contribution in [0.25, 0.3) is 22.2 Å². The molecule has 0 aliphatic heterocycles. The number of benzene rings is 2. The molecular weight excluding hydrogens is 525 g/mol. The molecule has 2 aromatic heterocycles. The molecule has 4 rings (SSSR count). The molecule has 10 nitrogen and oxygen atoms in total. The summed E-state index contributed by atoms with van der Waals surface area (Å²) in [5, 5.41) is 7.57. The zero-order valence-corrected chi connectivity index (χ0v) is 21.2. The maximum atomic E-state index is 13.4. The van der Waals surface area contributed by atoms with Crippen LogP contribution in [0.1, 0.15) is 25.5 Å². The lowest BCUT2D eigenvalue weighted by atomic mass is 10.1. The van der Waals surface area contributed by atoms with E-state index in [0.717, 1.165) is 0 Å². The van der Waals surface area contributed by atoms with Crippen molar-refractivity contribution in [3.63, 3.8) is 0 Å². The molecule has 0 fully saturated rings. The normalized spacial score (nSPS) is 12.5. The number of carbonyl (C=O) groups is 1. The zero-order chi connectivity index (χ0) is 27.8. The second kappa shape index (κ2) is 10.2. The van der Waals surface area contributed by atoms with E-state index in [1.54, 1.807) is 14.0 Å². The van der Waals surface area contributed by atoms with Gasteiger partial charge in [0.05, 0.1) is 28.5 Å². The van der Waals surface area contributed by atoms with Crippen molar-refractivity contribution in [3.8, 4) is 17.0 Å². The van der Waals surface area contributed by atoms with Crippen molar-refractivity contribution in [2.75, 3.05) is 15.8 Å². The first kappa shape index (κ1) is 26.7. The number of pyridine rings is 1. The number of aromatic nitrogens is 3. The molecule has 4 aromatic rings. The average Bonchev–Trinajstić information content (AvgIpc) is 3.20. The highest BCUT2D eigenvalue weighted by atomic mass is 32.2. The van der Waals surface area contributed by atoms with Gasteiger partial charge in [0, 0.05) is 19.5 Å². The standard InChI is InChI=1S/C24H23F3N6O4S/c1-12(14-4-7-16(25)8-5-14)37-19-10-15(6-9-17(19)32-38(35,36)24(26)27)21-20-22(33(3)31-21)18(30-13(2)34)11-29-23(20)28/h4-12,24,32H,1-3H3,(H2,28,29)(H,30,34)/t12-/m0/s1. The second-order valence-electron chi connectivity index (χ2n) is 8.36. The summed E-state index contributed by atoms with van der Waals surface area (Å²) in [5.41, 5.74) is 8.02. The number of nitrogens with zero attached hydrogens (tertiary/aromatic N) is 3. The van der Waals surface area contributed by atoms with Gasteiger partial charge in [0.1, 0.15) is 29.2 Å². The van der Waals surface area contributed by atoms with Crippen LogP contribution in [-0.4, -0.2) is 34.8 Å². The third kappa shape index (κ3) is 5.34. The van der Waals surface area contributed by atoms with Crippen LogP contribution in [0, 0.1) is 5.82 Å². The van der Waals surface area contributed by atoms with Crippen molar-refractivity contribution in [1.82, 2.24) is 14.8 Å². The monoisotopic (exact) mass is 548 g/mol. The Balaban J connectivity index is 1.85. The van der Waals surface area contributed by atoms with Gasteiger partial charge in [0.25, 0.3) is 10.0 Å². The molecular formula is C24H23F3N6O4S. The van der Waals surface area contributed by atoms with Gasteiger partial charge in [-0.1, -0.05) is 18.2 Å². The number of hydrogen-bond acceptors (Lipinski definition) is 7. The molecule has 0 bridgehead atoms. The molecule has 1 amide bonds. The van der Waals surface area contributed by atoms with Gasteiger partial charge >= 0.3 is 5.76 Å². The third-order valence-corrected chi connectivity index (χ3v) is 6.56. The number of rotatable bonds is 8. The smallest absolute Gasteiger partial charge is 0.355 e. The van der Waals surface area contributed by atoms with E-state index in [9.17, 15) is 26.4 Å². The van der Waals surface area contributed by atoms with Gasteiger partial charge in [0.15, 0.2) is 0 Å². The maximum Gasteiger partial charge on any atom is 0.355 e. The topological polar surface area (TPSA) is 141 Å². The molecule has 0 saturated heterocycles. The highest BCUT2D eigenvalue weighted by molar-refractivity contribution is 7.93. The van der Waals surface area contributed by atoms with E-state index in [1.807, 2.05) is 4.72 Å². The number of aryl methyl sites for hydroxylation is 1. The maximum absolute atomic E-state index is 13.4. The molecule has 2 heterocycles. The minimum absolute atomic E-state index is 0.0908. The first-order chi connectivity index (χ1) is 17.9. The molecule has 14 heteroatoms. The fourth-order valence-corrected chi connectivity index (χ4v) is 4.42. The van der Waals surface area contributed by atoms with Crippen LogP contribution in [-0.2, 0) is 21.9 Å². The van der Waals surface area contributed by atoms with E-state index in [1.165, 1.54) is 60.3 Å². The summed E-state index contributed by atoms with van der Waals surface area (Å²) in [6.45, 7) is 2.97. The van der Waals surface area contributed by atoms with E-state index in [-0.39, 0.29) is 23.2 Å². The van der Waals surface area contributed by atoms with Gasteiger partial charge in [-0.25, -0.2) is 17.8 Å². The van der Waals surface area contributed by atoms with Crippen LogP contribution in [0.4, 0.5) is 30.4 Å². The highest BCUT2D eigenvalue weighted by Crippen LogP contribution is 2.39. The van der Waals surface area contributed by atoms with Crippen LogP contribution in [0.15, 0.2) is 48.7 Å². The quantitative estimate of drug-likeness (QED) is 0.296. The number of sulfonamides is 1. The minimum atomic E-state index is -5.01. The van der Waals surface area contributed by atoms with Gasteiger partial charge in [-0.05, 0) is 36.8 Å². The van der Waals surface area contributed by atoms with Crippen LogP contribution in [0.2, 0.25) is 0 Å². The number of nitrogen functional groups attached to an aromatic ring is 1. The fourth-order valence-electron chi connectivity index (χ4n) is 3.86. The number of halogens is 3. The Morgan fingerprint density at radius 3 is 2.45 bits per heavy atom. The molecule has 0 radical (unpaired) electrons. The fraction of sp³-hybridized carbons (Fsp3) is 0.208. The van der Waals surface area contributed by atoms with Gasteiger partial charge in [-0.3, -0.25) is 14.2 Å². The Hall–Kier alpha value is -4.33. The molecule has 200 valence electrons. The summed E-state index contributed by atoms with van der Waals surface area (Å²) in [6, 6.07) is 9.54. The number of nitrogens with two attached hydrogens (primary N) is 1. The number of fused-ring (bicyclic) bond motifs is 1. The van der Waals surface area contributed by atoms with Gasteiger partial charge in [-0.15, -0.1) is 0 Å². The SMILES string of the molecule is CC(=O)Nc1cnc(N)c2c(-c3ccc(NS(=O)(=O)C(F)F)c(O[C@@H](C)c4ccc(F)cc4)c3)nn(C)c12. The number of anilines is 3. The Bertz CT molecular complexity index is 1620. The number of alkyl halides is 2. The molecule has 0 aliphatic carbocycles. The summed E-state index contributed by atoms with van der Waals surface area (Å²) in [5.74, 6) is -4.45. The van der Waals surface area contributed by atoms with Gasteiger partial charge < -0.3 is 15.8 Å². The molecule has 0 saturated carbocycles. The predicted octanol–water partition coefficient (Wildman–Crippen LogP) is 4.42. The Morgan fingerprint density at radius 1 is 1.13 bits per heavy atom. The van der Waals surface area contributed by atoms with E-state index in [2.05, 4.69) is 15.4 Å². The van der Waals surface area contributed by atoms with Crippen LogP contribution < -0.4 is 20.5 Å². The van der Waals surface area contributed by atoms with Crippen molar-refractivity contribution in [2.24, 2.45) is 7.05 Å². The zero-order valence-electron chi connectivity index (χ0n) is 20.4. The van der Waals surface area contributed by atoms with Crippen molar-refractivity contribution in [3.05, 3.63) is 60.0 Å². The van der Waals surface area contributed by atoms with Crippen molar-refractivity contribution < 1.29 is 31.1 Å². The average molecular weight is 549 g/mol. The number of hydrogen-bond donors (Lipinski definition) is 3. The Kier molecular flexibility index (Phi) is 7.18. The van der Waals surface area contributed by atoms with Crippen molar-refractivity contribution in [1.29, 1.82) is 0 Å². The van der Waals surface area contributed by atoms with E-state index >= 15 is 0 Å². The number of nitrogens with one attached hydrogen (secondary N) is 2. The van der Waals surface area contributed by atoms with Gasteiger partial charge in [-0.2, -0.15) is 13.9 Å². The number of carbonyl (C=O) groups excluding carboxylic acids is 1. The second-order valence-corrected chi connectivity index (χ2v) is 10.0. The van der Waals surface area contributed by atoms with Crippen LogP contribution >= 0.6 is 0 Å². The van der Waals surface area contributed by atoms with Gasteiger partial charge in [0.2, 0.25) is 5.91 Å². The summed E-state index contributed by atoms with van der Waals surface area (Å²) in [6.07, 6.45) is 0.672.